The molecule has 0 radical (unpaired) electrons. The van der Waals surface area contributed by atoms with Crippen LogP contribution in [0.2, 0.25) is 0 Å². The number of rotatable bonds is 8. The Kier molecular flexibility index (Phi) is 6.49. The predicted molar refractivity (Wildman–Crippen MR) is 94.8 cm³/mol. The fraction of sp³-hybridized carbons (Fsp3) is 0.294. The summed E-state index contributed by atoms with van der Waals surface area (Å²) in [6, 6.07) is 10.2. The normalized spacial score (nSPS) is 11.3. The molecule has 2 rings (SSSR count). The van der Waals surface area contributed by atoms with Crippen LogP contribution >= 0.6 is 0 Å². The van der Waals surface area contributed by atoms with Crippen LogP contribution < -0.4 is 10.1 Å². The van der Waals surface area contributed by atoms with Gasteiger partial charge in [0.25, 0.3) is 5.91 Å². The largest absolute Gasteiger partial charge is 0.497 e. The maximum Gasteiger partial charge on any atom is 0.251 e. The number of ether oxygens (including phenoxy) is 1. The molecule has 0 saturated heterocycles. The van der Waals surface area contributed by atoms with Gasteiger partial charge in [-0.05, 0) is 35.9 Å². The molecule has 0 fully saturated rings. The van der Waals surface area contributed by atoms with Crippen molar-refractivity contribution in [3.05, 3.63) is 59.9 Å². The van der Waals surface area contributed by atoms with Crippen molar-refractivity contribution >= 4 is 15.9 Å². The first kappa shape index (κ1) is 18.9. The molecule has 1 aromatic heterocycles. The fourth-order valence-corrected chi connectivity index (χ4v) is 3.00. The zero-order valence-electron chi connectivity index (χ0n) is 14.2. The highest BCUT2D eigenvalue weighted by atomic mass is 32.2. The van der Waals surface area contributed by atoms with E-state index in [4.69, 9.17) is 4.74 Å². The van der Waals surface area contributed by atoms with Gasteiger partial charge in [0.1, 0.15) is 5.75 Å². The van der Waals surface area contributed by atoms with E-state index in [1.54, 1.807) is 55.9 Å². The van der Waals surface area contributed by atoms with E-state index in [9.17, 15) is 13.2 Å². The Morgan fingerprint density at radius 2 is 1.96 bits per heavy atom. The Hall–Kier alpha value is -2.45. The highest BCUT2D eigenvalue weighted by Crippen LogP contribution is 2.11. The SMILES string of the molecule is COc1ccc(C(=O)NCCN(Cc2cccnc2)S(C)(=O)=O)cc1. The quantitative estimate of drug-likeness (QED) is 0.763. The monoisotopic (exact) mass is 363 g/mol. The standard InChI is InChI=1S/C17H21N3O4S/c1-24-16-7-5-15(6-8-16)17(21)19-10-11-20(25(2,22)23)13-14-4-3-9-18-12-14/h3-9,12H,10-11,13H2,1-2H3,(H,19,21). The van der Waals surface area contributed by atoms with Crippen LogP contribution in [-0.2, 0) is 16.6 Å². The minimum atomic E-state index is -3.40. The van der Waals surface area contributed by atoms with Gasteiger partial charge in [-0.25, -0.2) is 8.42 Å². The van der Waals surface area contributed by atoms with Gasteiger partial charge < -0.3 is 10.1 Å². The molecular formula is C17H21N3O4S. The van der Waals surface area contributed by atoms with Crippen molar-refractivity contribution in [1.29, 1.82) is 0 Å². The Balaban J connectivity index is 1.92. The van der Waals surface area contributed by atoms with E-state index >= 15 is 0 Å². The van der Waals surface area contributed by atoms with Crippen molar-refractivity contribution in [1.82, 2.24) is 14.6 Å². The highest BCUT2D eigenvalue weighted by molar-refractivity contribution is 7.88. The van der Waals surface area contributed by atoms with Crippen molar-refractivity contribution in [2.24, 2.45) is 0 Å². The van der Waals surface area contributed by atoms with Crippen LogP contribution in [0, 0.1) is 0 Å². The number of aromatic nitrogens is 1. The molecule has 0 bridgehead atoms. The van der Waals surface area contributed by atoms with Crippen molar-refractivity contribution in [2.45, 2.75) is 6.54 Å². The molecule has 7 nitrogen and oxygen atoms in total. The molecule has 134 valence electrons. The van der Waals surface area contributed by atoms with E-state index in [0.717, 1.165) is 11.8 Å². The molecule has 0 atom stereocenters. The van der Waals surface area contributed by atoms with Gasteiger partial charge in [0.15, 0.2) is 0 Å². The molecule has 1 heterocycles. The number of nitrogens with one attached hydrogen (secondary N) is 1. The van der Waals surface area contributed by atoms with Crippen LogP contribution in [0.25, 0.3) is 0 Å². The molecule has 25 heavy (non-hydrogen) atoms. The summed E-state index contributed by atoms with van der Waals surface area (Å²) in [5.41, 5.74) is 1.27. The van der Waals surface area contributed by atoms with Gasteiger partial charge >= 0.3 is 0 Å². The minimum Gasteiger partial charge on any atom is -0.497 e. The molecular weight excluding hydrogens is 342 g/mol. The van der Waals surface area contributed by atoms with E-state index in [1.807, 2.05) is 0 Å². The van der Waals surface area contributed by atoms with Gasteiger partial charge in [-0.15, -0.1) is 0 Å². The second-order valence-electron chi connectivity index (χ2n) is 5.44. The highest BCUT2D eigenvalue weighted by Gasteiger charge is 2.17. The summed E-state index contributed by atoms with van der Waals surface area (Å²) in [5.74, 6) is 0.397. The van der Waals surface area contributed by atoms with Crippen LogP contribution in [0.15, 0.2) is 48.8 Å². The lowest BCUT2D eigenvalue weighted by Gasteiger charge is -2.20. The molecule has 0 saturated carbocycles. The number of hydrogen-bond donors (Lipinski definition) is 1. The summed E-state index contributed by atoms with van der Waals surface area (Å²) >= 11 is 0. The van der Waals surface area contributed by atoms with Gasteiger partial charge in [0, 0.05) is 37.6 Å². The van der Waals surface area contributed by atoms with Crippen LogP contribution in [0.3, 0.4) is 0 Å². The second kappa shape index (κ2) is 8.59. The fourth-order valence-electron chi connectivity index (χ4n) is 2.20. The number of carbonyl (C=O) groups is 1. The third kappa shape index (κ3) is 5.84. The Morgan fingerprint density at radius 3 is 2.52 bits per heavy atom. The van der Waals surface area contributed by atoms with E-state index in [2.05, 4.69) is 10.3 Å². The lowest BCUT2D eigenvalue weighted by Crippen LogP contribution is -2.37. The lowest BCUT2D eigenvalue weighted by molar-refractivity contribution is 0.0951. The smallest absolute Gasteiger partial charge is 0.251 e. The molecule has 8 heteroatoms. The molecule has 1 aromatic carbocycles. The molecule has 0 aliphatic rings. The topological polar surface area (TPSA) is 88.6 Å². The summed E-state index contributed by atoms with van der Waals surface area (Å²) < 4.78 is 30.2. The number of pyridine rings is 1. The van der Waals surface area contributed by atoms with Gasteiger partial charge in [-0.3, -0.25) is 9.78 Å². The van der Waals surface area contributed by atoms with Crippen molar-refractivity contribution in [3.63, 3.8) is 0 Å². The van der Waals surface area contributed by atoms with E-state index < -0.39 is 10.0 Å². The van der Waals surface area contributed by atoms with Gasteiger partial charge in [-0.1, -0.05) is 6.07 Å². The third-order valence-electron chi connectivity index (χ3n) is 3.55. The number of hydrogen-bond acceptors (Lipinski definition) is 5. The second-order valence-corrected chi connectivity index (χ2v) is 7.42. The van der Waals surface area contributed by atoms with Gasteiger partial charge in [-0.2, -0.15) is 4.31 Å². The first-order valence-corrected chi connectivity index (χ1v) is 9.51. The molecule has 0 unspecified atom stereocenters. The van der Waals surface area contributed by atoms with Crippen molar-refractivity contribution in [3.8, 4) is 5.75 Å². The van der Waals surface area contributed by atoms with Crippen LogP contribution in [0.5, 0.6) is 5.75 Å². The Morgan fingerprint density at radius 1 is 1.24 bits per heavy atom. The maximum absolute atomic E-state index is 12.1. The van der Waals surface area contributed by atoms with Crippen LogP contribution in [0.4, 0.5) is 0 Å². The van der Waals surface area contributed by atoms with E-state index in [1.165, 1.54) is 4.31 Å². The molecule has 2 aromatic rings. The maximum atomic E-state index is 12.1. The van der Waals surface area contributed by atoms with Crippen LogP contribution in [0.1, 0.15) is 15.9 Å². The predicted octanol–water partition coefficient (Wildman–Crippen LogP) is 1.28. The zero-order chi connectivity index (χ0) is 18.3. The summed E-state index contributed by atoms with van der Waals surface area (Å²) in [6.07, 6.45) is 4.39. The molecule has 1 amide bonds. The zero-order valence-corrected chi connectivity index (χ0v) is 15.0. The number of carbonyl (C=O) groups excluding carboxylic acids is 1. The Bertz CT molecular complexity index is 792. The number of benzene rings is 1. The first-order valence-electron chi connectivity index (χ1n) is 7.66. The summed E-state index contributed by atoms with van der Waals surface area (Å²) in [7, 11) is -1.84. The van der Waals surface area contributed by atoms with Gasteiger partial charge in [0.05, 0.1) is 13.4 Å². The molecule has 0 spiro atoms. The Labute approximate surface area is 147 Å². The summed E-state index contributed by atoms with van der Waals surface area (Å²) in [4.78, 5) is 16.1. The van der Waals surface area contributed by atoms with Crippen molar-refractivity contribution < 1.29 is 17.9 Å². The molecule has 0 aliphatic carbocycles. The summed E-state index contributed by atoms with van der Waals surface area (Å²) in [6.45, 7) is 0.596. The first-order chi connectivity index (χ1) is 11.9. The lowest BCUT2D eigenvalue weighted by atomic mass is 10.2. The number of nitrogens with zero attached hydrogens (tertiary/aromatic N) is 2. The van der Waals surface area contributed by atoms with E-state index in [0.29, 0.717) is 11.3 Å². The average Bonchev–Trinajstić information content (AvgIpc) is 2.61. The number of amides is 1. The number of methoxy groups -OCH3 is 1. The minimum absolute atomic E-state index is 0.176. The molecule has 0 aliphatic heterocycles. The average molecular weight is 363 g/mol. The van der Waals surface area contributed by atoms with E-state index in [-0.39, 0.29) is 25.5 Å². The third-order valence-corrected chi connectivity index (χ3v) is 4.80. The van der Waals surface area contributed by atoms with Crippen molar-refractivity contribution in [2.75, 3.05) is 26.5 Å². The summed E-state index contributed by atoms with van der Waals surface area (Å²) in [5, 5.41) is 2.72. The van der Waals surface area contributed by atoms with Gasteiger partial charge in [0.2, 0.25) is 10.0 Å². The van der Waals surface area contributed by atoms with Crippen LogP contribution in [-0.4, -0.2) is 50.1 Å². The molecule has 1 N–H and O–H groups in total. The number of sulfonamides is 1.